The number of nitrogens with zero attached hydrogens (tertiary/aromatic N) is 3. The number of hydrogen-bond acceptors (Lipinski definition) is 4. The molecule has 0 unspecified atom stereocenters. The zero-order valence-corrected chi connectivity index (χ0v) is 10.9. The van der Waals surface area contributed by atoms with E-state index in [-0.39, 0.29) is 5.69 Å². The van der Waals surface area contributed by atoms with Crippen molar-refractivity contribution < 1.29 is 4.52 Å². The largest absolute Gasteiger partial charge is 0.354 e. The van der Waals surface area contributed by atoms with Gasteiger partial charge in [0, 0.05) is 5.56 Å². The van der Waals surface area contributed by atoms with E-state index in [1.807, 2.05) is 31.2 Å². The molecular weight excluding hydrogens is 296 g/mol. The Hall–Kier alpha value is -2.13. The number of hydrogen-bond donors (Lipinski definition) is 1. The Labute approximate surface area is 111 Å². The maximum Gasteiger partial charge on any atom is 0.198 e. The van der Waals surface area contributed by atoms with E-state index in [1.165, 1.54) is 0 Å². The van der Waals surface area contributed by atoms with Crippen molar-refractivity contribution in [3.8, 4) is 17.4 Å². The molecule has 0 amide bonds. The van der Waals surface area contributed by atoms with Gasteiger partial charge in [0.25, 0.3) is 0 Å². The fourth-order valence-corrected chi connectivity index (χ4v) is 2.27. The van der Waals surface area contributed by atoms with E-state index >= 15 is 0 Å². The summed E-state index contributed by atoms with van der Waals surface area (Å²) in [6.07, 6.45) is 0. The maximum atomic E-state index is 8.84. The number of H-pyrrole nitrogens is 1. The first kappa shape index (κ1) is 11.0. The number of aromatic amines is 1. The second-order valence-electron chi connectivity index (χ2n) is 3.84. The monoisotopic (exact) mass is 302 g/mol. The molecular formula is C12H7BrN4O. The highest BCUT2D eigenvalue weighted by molar-refractivity contribution is 9.10. The lowest BCUT2D eigenvalue weighted by molar-refractivity contribution is 0.430. The third kappa shape index (κ3) is 1.60. The molecule has 0 radical (unpaired) electrons. The number of halogens is 1. The molecule has 2 aromatic heterocycles. The van der Waals surface area contributed by atoms with Crippen LogP contribution in [-0.2, 0) is 0 Å². The topological polar surface area (TPSA) is 78.5 Å². The third-order valence-corrected chi connectivity index (χ3v) is 3.34. The summed E-state index contributed by atoms with van der Waals surface area (Å²) < 4.78 is 5.74. The quantitative estimate of drug-likeness (QED) is 0.749. The van der Waals surface area contributed by atoms with Crippen molar-refractivity contribution >= 4 is 27.0 Å². The van der Waals surface area contributed by atoms with E-state index in [9.17, 15) is 0 Å². The summed E-state index contributed by atoms with van der Waals surface area (Å²) in [5.41, 5.74) is 2.90. The van der Waals surface area contributed by atoms with Gasteiger partial charge in [0.15, 0.2) is 11.5 Å². The first-order valence-corrected chi connectivity index (χ1v) is 6.00. The number of aryl methyl sites for hydroxylation is 1. The Bertz CT molecular complexity index is 781. The summed E-state index contributed by atoms with van der Waals surface area (Å²) in [4.78, 5) is 7.48. The molecule has 0 fully saturated rings. The average Bonchev–Trinajstić information content (AvgIpc) is 2.89. The molecule has 88 valence electrons. The van der Waals surface area contributed by atoms with Gasteiger partial charge in [-0.1, -0.05) is 5.16 Å². The number of rotatable bonds is 1. The van der Waals surface area contributed by atoms with E-state index in [4.69, 9.17) is 9.78 Å². The van der Waals surface area contributed by atoms with Crippen molar-refractivity contribution in [2.75, 3.05) is 0 Å². The van der Waals surface area contributed by atoms with Crippen LogP contribution in [0.1, 0.15) is 11.5 Å². The molecule has 2 heterocycles. The third-order valence-electron chi connectivity index (χ3n) is 2.60. The van der Waals surface area contributed by atoms with Crippen molar-refractivity contribution in [1.29, 1.82) is 5.26 Å². The van der Waals surface area contributed by atoms with Gasteiger partial charge in [0.2, 0.25) is 0 Å². The van der Waals surface area contributed by atoms with Gasteiger partial charge in [0.05, 0.1) is 11.0 Å². The van der Waals surface area contributed by atoms with Crippen molar-refractivity contribution in [3.05, 3.63) is 34.2 Å². The molecule has 0 aliphatic heterocycles. The highest BCUT2D eigenvalue weighted by Gasteiger charge is 2.15. The highest BCUT2D eigenvalue weighted by atomic mass is 79.9. The van der Waals surface area contributed by atoms with Crippen molar-refractivity contribution in [2.24, 2.45) is 0 Å². The molecule has 0 aliphatic carbocycles. The maximum absolute atomic E-state index is 8.84. The highest BCUT2D eigenvalue weighted by Crippen LogP contribution is 2.32. The van der Waals surface area contributed by atoms with Crippen LogP contribution in [0.4, 0.5) is 0 Å². The van der Waals surface area contributed by atoms with Crippen LogP contribution in [0.3, 0.4) is 0 Å². The SMILES string of the molecule is Cc1nc2ccc(-c3onc(C#N)c3Br)cc2[nH]1. The van der Waals surface area contributed by atoms with Crippen molar-refractivity contribution in [2.45, 2.75) is 6.92 Å². The minimum Gasteiger partial charge on any atom is -0.354 e. The average molecular weight is 303 g/mol. The van der Waals surface area contributed by atoms with Crippen molar-refractivity contribution in [3.63, 3.8) is 0 Å². The van der Waals surface area contributed by atoms with E-state index in [0.717, 1.165) is 22.4 Å². The summed E-state index contributed by atoms with van der Waals surface area (Å²) in [5.74, 6) is 1.40. The summed E-state index contributed by atoms with van der Waals surface area (Å²) >= 11 is 3.31. The summed E-state index contributed by atoms with van der Waals surface area (Å²) in [6.45, 7) is 1.90. The van der Waals surface area contributed by atoms with Crippen LogP contribution in [-0.4, -0.2) is 15.1 Å². The molecule has 3 aromatic rings. The predicted molar refractivity (Wildman–Crippen MR) is 68.7 cm³/mol. The van der Waals surface area contributed by atoms with Crippen LogP contribution >= 0.6 is 15.9 Å². The minimum absolute atomic E-state index is 0.242. The first-order chi connectivity index (χ1) is 8.69. The van der Waals surface area contributed by atoms with E-state index in [1.54, 1.807) is 0 Å². The predicted octanol–water partition coefficient (Wildman–Crippen LogP) is 3.16. The zero-order valence-electron chi connectivity index (χ0n) is 9.36. The van der Waals surface area contributed by atoms with Gasteiger partial charge in [-0.15, -0.1) is 0 Å². The van der Waals surface area contributed by atoms with Crippen LogP contribution in [0, 0.1) is 18.3 Å². The lowest BCUT2D eigenvalue weighted by Gasteiger charge is -1.96. The second-order valence-corrected chi connectivity index (χ2v) is 4.63. The normalized spacial score (nSPS) is 10.7. The van der Waals surface area contributed by atoms with E-state index in [0.29, 0.717) is 10.2 Å². The van der Waals surface area contributed by atoms with E-state index < -0.39 is 0 Å². The van der Waals surface area contributed by atoms with Crippen LogP contribution in [0.2, 0.25) is 0 Å². The molecule has 0 aliphatic rings. The van der Waals surface area contributed by atoms with Crippen LogP contribution in [0.25, 0.3) is 22.4 Å². The van der Waals surface area contributed by atoms with Crippen molar-refractivity contribution in [1.82, 2.24) is 15.1 Å². The molecule has 5 nitrogen and oxygen atoms in total. The molecule has 0 atom stereocenters. The van der Waals surface area contributed by atoms with Crippen LogP contribution in [0.5, 0.6) is 0 Å². The minimum atomic E-state index is 0.242. The molecule has 1 aromatic carbocycles. The number of nitrogens with one attached hydrogen (secondary N) is 1. The van der Waals surface area contributed by atoms with Gasteiger partial charge in [-0.05, 0) is 41.1 Å². The van der Waals surface area contributed by atoms with Crippen LogP contribution < -0.4 is 0 Å². The standard InChI is InChI=1S/C12H7BrN4O/c1-6-15-8-3-2-7(4-9(8)16-6)12-11(13)10(5-14)17-18-12/h2-4H,1H3,(H,15,16). The fourth-order valence-electron chi connectivity index (χ4n) is 1.81. The van der Waals surface area contributed by atoms with E-state index in [2.05, 4.69) is 31.1 Å². The molecule has 18 heavy (non-hydrogen) atoms. The van der Waals surface area contributed by atoms with Gasteiger partial charge in [-0.2, -0.15) is 5.26 Å². The number of fused-ring (bicyclic) bond motifs is 1. The second kappa shape index (κ2) is 3.96. The van der Waals surface area contributed by atoms with Gasteiger partial charge < -0.3 is 9.51 Å². The molecule has 6 heteroatoms. The lowest BCUT2D eigenvalue weighted by atomic mass is 10.1. The Morgan fingerprint density at radius 2 is 2.28 bits per heavy atom. The molecule has 1 N–H and O–H groups in total. The number of nitriles is 1. The lowest BCUT2D eigenvalue weighted by Crippen LogP contribution is -1.77. The number of aromatic nitrogens is 3. The Morgan fingerprint density at radius 3 is 3.00 bits per heavy atom. The van der Waals surface area contributed by atoms with Gasteiger partial charge in [0.1, 0.15) is 16.4 Å². The van der Waals surface area contributed by atoms with Gasteiger partial charge in [-0.3, -0.25) is 0 Å². The van der Waals surface area contributed by atoms with Crippen LogP contribution in [0.15, 0.2) is 27.2 Å². The summed E-state index contributed by atoms with van der Waals surface area (Å²) in [6, 6.07) is 7.66. The molecule has 0 spiro atoms. The van der Waals surface area contributed by atoms with Gasteiger partial charge >= 0.3 is 0 Å². The smallest absolute Gasteiger partial charge is 0.198 e. The summed E-state index contributed by atoms with van der Waals surface area (Å²) in [7, 11) is 0. The molecule has 3 rings (SSSR count). The fraction of sp³-hybridized carbons (Fsp3) is 0.0833. The molecule has 0 saturated heterocycles. The molecule has 0 bridgehead atoms. The number of benzene rings is 1. The zero-order chi connectivity index (χ0) is 12.7. The summed E-state index contributed by atoms with van der Waals surface area (Å²) in [5, 5.41) is 12.5. The number of imidazole rings is 1. The van der Waals surface area contributed by atoms with Gasteiger partial charge in [-0.25, -0.2) is 4.98 Å². The Morgan fingerprint density at radius 1 is 1.44 bits per heavy atom. The first-order valence-electron chi connectivity index (χ1n) is 5.21. The Balaban J connectivity index is 2.19. The Kier molecular flexibility index (Phi) is 2.42. The molecule has 0 saturated carbocycles.